The molecule has 0 bridgehead atoms. The number of aryl methyl sites for hydroxylation is 1. The second-order valence-corrected chi connectivity index (χ2v) is 8.59. The van der Waals surface area contributed by atoms with Crippen LogP contribution in [0, 0.1) is 12.8 Å². The Balaban J connectivity index is 2.08. The van der Waals surface area contributed by atoms with Crippen LogP contribution >= 0.6 is 11.6 Å². The summed E-state index contributed by atoms with van der Waals surface area (Å²) in [5.41, 5.74) is 4.08. The van der Waals surface area contributed by atoms with Crippen molar-refractivity contribution in [3.8, 4) is 0 Å². The van der Waals surface area contributed by atoms with Gasteiger partial charge in [-0.05, 0) is 42.7 Å². The van der Waals surface area contributed by atoms with E-state index in [1.54, 1.807) is 50.2 Å². The van der Waals surface area contributed by atoms with Gasteiger partial charge >= 0.3 is 0 Å². The molecule has 2 N–H and O–H groups in total. The summed E-state index contributed by atoms with van der Waals surface area (Å²) in [7, 11) is -3.83. The zero-order chi connectivity index (χ0) is 20.0. The van der Waals surface area contributed by atoms with Gasteiger partial charge in [-0.1, -0.05) is 55.3 Å². The van der Waals surface area contributed by atoms with Crippen molar-refractivity contribution in [2.75, 3.05) is 0 Å². The van der Waals surface area contributed by atoms with Crippen LogP contribution in [0.1, 0.15) is 25.0 Å². The number of nitrogens with one attached hydrogen (secondary N) is 2. The molecule has 2 aromatic rings. The molecule has 0 saturated heterocycles. The van der Waals surface area contributed by atoms with E-state index in [9.17, 15) is 13.2 Å². The van der Waals surface area contributed by atoms with E-state index in [0.29, 0.717) is 5.02 Å². The van der Waals surface area contributed by atoms with Gasteiger partial charge in [0.2, 0.25) is 10.0 Å². The third kappa shape index (κ3) is 6.16. The summed E-state index contributed by atoms with van der Waals surface area (Å²) in [5.74, 6) is -0.804. The number of hydrogen-bond acceptors (Lipinski definition) is 4. The molecule has 0 aromatic heterocycles. The Bertz CT molecular complexity index is 908. The predicted octanol–water partition coefficient (Wildman–Crippen LogP) is 3.10. The molecule has 0 spiro atoms. The van der Waals surface area contributed by atoms with Gasteiger partial charge in [0.15, 0.2) is 0 Å². The average molecular weight is 408 g/mol. The highest BCUT2D eigenvalue weighted by Crippen LogP contribution is 2.13. The molecule has 0 saturated carbocycles. The number of carbonyl (C=O) groups excluding carboxylic acids is 1. The molecular weight excluding hydrogens is 386 g/mol. The van der Waals surface area contributed by atoms with Gasteiger partial charge < -0.3 is 0 Å². The summed E-state index contributed by atoms with van der Waals surface area (Å²) < 4.78 is 27.5. The highest BCUT2D eigenvalue weighted by molar-refractivity contribution is 7.89. The van der Waals surface area contributed by atoms with Gasteiger partial charge in [0.25, 0.3) is 5.91 Å². The van der Waals surface area contributed by atoms with Crippen LogP contribution < -0.4 is 10.1 Å². The minimum atomic E-state index is -3.83. The van der Waals surface area contributed by atoms with E-state index in [0.717, 1.165) is 11.1 Å². The third-order valence-electron chi connectivity index (χ3n) is 3.82. The average Bonchev–Trinajstić information content (AvgIpc) is 2.61. The molecule has 144 valence electrons. The molecule has 6 nitrogen and oxygen atoms in total. The quantitative estimate of drug-likeness (QED) is 0.546. The van der Waals surface area contributed by atoms with Gasteiger partial charge in [-0.3, -0.25) is 4.79 Å². The van der Waals surface area contributed by atoms with Crippen LogP contribution in [0.4, 0.5) is 0 Å². The lowest BCUT2D eigenvalue weighted by molar-refractivity contribution is -0.123. The zero-order valence-electron chi connectivity index (χ0n) is 15.3. The zero-order valence-corrected chi connectivity index (χ0v) is 16.9. The first-order chi connectivity index (χ1) is 12.7. The number of hydrazone groups is 1. The minimum absolute atomic E-state index is 0.108. The van der Waals surface area contributed by atoms with Gasteiger partial charge in [-0.25, -0.2) is 13.8 Å². The standard InChI is InChI=1S/C19H22ClN3O3S/c1-13(2)18(23-27(25,26)17-10-4-14(3)5-11-17)19(24)22-21-12-15-6-8-16(20)9-7-15/h4-13,18,23H,1-3H3,(H,22,24)/b21-12-/t18-/m0/s1. The molecule has 0 aliphatic carbocycles. The maximum Gasteiger partial charge on any atom is 0.258 e. The SMILES string of the molecule is Cc1ccc(S(=O)(=O)N[C@H](C(=O)N/N=C\c2ccc(Cl)cc2)C(C)C)cc1. The van der Waals surface area contributed by atoms with Crippen LogP contribution in [0.15, 0.2) is 58.5 Å². The molecule has 27 heavy (non-hydrogen) atoms. The molecule has 8 heteroatoms. The number of carbonyl (C=O) groups is 1. The smallest absolute Gasteiger partial charge is 0.258 e. The molecule has 0 fully saturated rings. The topological polar surface area (TPSA) is 87.6 Å². The largest absolute Gasteiger partial charge is 0.271 e. The van der Waals surface area contributed by atoms with E-state index >= 15 is 0 Å². The van der Waals surface area contributed by atoms with Gasteiger partial charge in [0.05, 0.1) is 11.1 Å². The molecule has 0 aliphatic heterocycles. The summed E-state index contributed by atoms with van der Waals surface area (Å²) >= 11 is 5.81. The summed E-state index contributed by atoms with van der Waals surface area (Å²) in [5, 5.41) is 4.49. The molecular formula is C19H22ClN3O3S. The molecule has 2 rings (SSSR count). The van der Waals surface area contributed by atoms with Crippen LogP contribution in [-0.4, -0.2) is 26.6 Å². The Morgan fingerprint density at radius 1 is 1.07 bits per heavy atom. The Kier molecular flexibility index (Phi) is 7.12. The van der Waals surface area contributed by atoms with Gasteiger partial charge in [0.1, 0.15) is 6.04 Å². The highest BCUT2D eigenvalue weighted by Gasteiger charge is 2.28. The minimum Gasteiger partial charge on any atom is -0.271 e. The fraction of sp³-hybridized carbons (Fsp3) is 0.263. The molecule has 0 radical (unpaired) electrons. The van der Waals surface area contributed by atoms with Crippen molar-refractivity contribution < 1.29 is 13.2 Å². The van der Waals surface area contributed by atoms with Crippen molar-refractivity contribution in [2.45, 2.75) is 31.7 Å². The van der Waals surface area contributed by atoms with Crippen LogP contribution in [0.3, 0.4) is 0 Å². The first-order valence-electron chi connectivity index (χ1n) is 8.36. The number of benzene rings is 2. The summed E-state index contributed by atoms with van der Waals surface area (Å²) in [6.45, 7) is 5.38. The maximum atomic E-state index is 12.5. The number of amides is 1. The van der Waals surface area contributed by atoms with Gasteiger partial charge in [-0.2, -0.15) is 9.82 Å². The highest BCUT2D eigenvalue weighted by atomic mass is 35.5. The second-order valence-electron chi connectivity index (χ2n) is 6.44. The number of sulfonamides is 1. The Morgan fingerprint density at radius 2 is 1.67 bits per heavy atom. The van der Waals surface area contributed by atoms with E-state index in [1.807, 2.05) is 6.92 Å². The lowest BCUT2D eigenvalue weighted by Crippen LogP contribution is -2.48. The van der Waals surface area contributed by atoms with Crippen molar-refractivity contribution in [1.82, 2.24) is 10.1 Å². The molecule has 0 unspecified atom stereocenters. The number of rotatable bonds is 7. The predicted molar refractivity (Wildman–Crippen MR) is 107 cm³/mol. The van der Waals surface area contributed by atoms with Crippen molar-refractivity contribution in [3.05, 3.63) is 64.7 Å². The maximum absolute atomic E-state index is 12.5. The van der Waals surface area contributed by atoms with E-state index < -0.39 is 22.0 Å². The van der Waals surface area contributed by atoms with Crippen molar-refractivity contribution in [3.63, 3.8) is 0 Å². The van der Waals surface area contributed by atoms with Crippen LogP contribution in [0.5, 0.6) is 0 Å². The number of hydrogen-bond donors (Lipinski definition) is 2. The van der Waals surface area contributed by atoms with Gasteiger partial charge in [0, 0.05) is 5.02 Å². The lowest BCUT2D eigenvalue weighted by Gasteiger charge is -2.20. The van der Waals surface area contributed by atoms with Crippen LogP contribution in [-0.2, 0) is 14.8 Å². The summed E-state index contributed by atoms with van der Waals surface area (Å²) in [6.07, 6.45) is 1.46. The normalized spacial score (nSPS) is 13.1. The first-order valence-corrected chi connectivity index (χ1v) is 10.2. The van der Waals surface area contributed by atoms with E-state index in [1.165, 1.54) is 18.3 Å². The van der Waals surface area contributed by atoms with E-state index in [4.69, 9.17) is 11.6 Å². The monoisotopic (exact) mass is 407 g/mol. The van der Waals surface area contributed by atoms with Crippen molar-refractivity contribution in [1.29, 1.82) is 0 Å². The molecule has 1 atom stereocenters. The van der Waals surface area contributed by atoms with E-state index in [-0.39, 0.29) is 10.8 Å². The molecule has 1 amide bonds. The fourth-order valence-electron chi connectivity index (χ4n) is 2.23. The summed E-state index contributed by atoms with van der Waals surface area (Å²) in [6, 6.07) is 12.4. The second kappa shape index (κ2) is 9.12. The number of halogens is 1. The molecule has 2 aromatic carbocycles. The third-order valence-corrected chi connectivity index (χ3v) is 5.53. The Labute approximate surface area is 164 Å². The fourth-order valence-corrected chi connectivity index (χ4v) is 3.70. The summed E-state index contributed by atoms with van der Waals surface area (Å²) in [4.78, 5) is 12.5. The van der Waals surface area contributed by atoms with Gasteiger partial charge in [-0.15, -0.1) is 0 Å². The van der Waals surface area contributed by atoms with Crippen molar-refractivity contribution >= 4 is 33.7 Å². The Hall–Kier alpha value is -2.22. The molecule has 0 heterocycles. The van der Waals surface area contributed by atoms with E-state index in [2.05, 4.69) is 15.2 Å². The number of nitrogens with zero attached hydrogens (tertiary/aromatic N) is 1. The first kappa shape index (κ1) is 21.1. The molecule has 0 aliphatic rings. The lowest BCUT2D eigenvalue weighted by atomic mass is 10.1. The Morgan fingerprint density at radius 3 is 2.22 bits per heavy atom. The van der Waals surface area contributed by atoms with Crippen LogP contribution in [0.25, 0.3) is 0 Å². The van der Waals surface area contributed by atoms with Crippen LogP contribution in [0.2, 0.25) is 5.02 Å². The van der Waals surface area contributed by atoms with Crippen molar-refractivity contribution in [2.24, 2.45) is 11.0 Å².